The predicted molar refractivity (Wildman–Crippen MR) is 92.5 cm³/mol. The maximum absolute atomic E-state index is 5.41. The van der Waals surface area contributed by atoms with E-state index in [1.165, 1.54) is 22.3 Å². The third kappa shape index (κ3) is 2.81. The Morgan fingerprint density at radius 1 is 1.18 bits per heavy atom. The van der Waals surface area contributed by atoms with Crippen LogP contribution in [0.4, 0.5) is 5.69 Å². The lowest BCUT2D eigenvalue weighted by Gasteiger charge is -2.27. The van der Waals surface area contributed by atoms with Gasteiger partial charge in [0.2, 0.25) is 0 Å². The molecule has 1 aromatic heterocycles. The monoisotopic (exact) mass is 315 g/mol. The van der Waals surface area contributed by atoms with E-state index in [9.17, 15) is 0 Å². The van der Waals surface area contributed by atoms with E-state index in [1.54, 1.807) is 0 Å². The summed E-state index contributed by atoms with van der Waals surface area (Å²) in [5.74, 6) is 2.12. The molecule has 1 saturated heterocycles. The number of pyridine rings is 1. The summed E-state index contributed by atoms with van der Waals surface area (Å²) in [5, 5.41) is 4.95. The van der Waals surface area contributed by atoms with Gasteiger partial charge in [0.05, 0.1) is 24.4 Å². The lowest BCUT2D eigenvalue weighted by atomic mass is 10.1. The van der Waals surface area contributed by atoms with Crippen LogP contribution in [0.1, 0.15) is 11.3 Å². The molecule has 1 fully saturated rings. The fourth-order valence-corrected chi connectivity index (χ4v) is 4.24. The van der Waals surface area contributed by atoms with Gasteiger partial charge >= 0.3 is 0 Å². The number of anilines is 1. The summed E-state index contributed by atoms with van der Waals surface area (Å²) < 4.78 is 5.41. The number of para-hydroxylation sites is 1. The minimum absolute atomic E-state index is 0.865. The van der Waals surface area contributed by atoms with E-state index in [4.69, 9.17) is 9.72 Å². The first-order valence-corrected chi connectivity index (χ1v) is 9.09. The van der Waals surface area contributed by atoms with E-state index in [0.29, 0.717) is 0 Å². The summed E-state index contributed by atoms with van der Waals surface area (Å²) in [6.45, 7) is 5.88. The number of benzene rings is 1. The van der Waals surface area contributed by atoms with E-state index < -0.39 is 0 Å². The van der Waals surface area contributed by atoms with Crippen LogP contribution in [0.25, 0.3) is 10.9 Å². The Labute approximate surface area is 135 Å². The van der Waals surface area contributed by atoms with Gasteiger partial charge in [-0.3, -0.25) is 9.88 Å². The molecular weight excluding hydrogens is 294 g/mol. The molecule has 116 valence electrons. The summed E-state index contributed by atoms with van der Waals surface area (Å²) in [6, 6.07) is 8.47. The molecule has 22 heavy (non-hydrogen) atoms. The van der Waals surface area contributed by atoms with Gasteiger partial charge in [-0.25, -0.2) is 0 Å². The highest BCUT2D eigenvalue weighted by atomic mass is 32.2. The number of fused-ring (bicyclic) bond motifs is 2. The van der Waals surface area contributed by atoms with Crippen molar-refractivity contribution < 1.29 is 4.74 Å². The zero-order valence-electron chi connectivity index (χ0n) is 12.7. The Kier molecular flexibility index (Phi) is 4.19. The highest BCUT2D eigenvalue weighted by Crippen LogP contribution is 2.37. The molecule has 0 unspecified atom stereocenters. The number of morpholine rings is 1. The number of nitrogens with one attached hydrogen (secondary N) is 1. The molecule has 0 atom stereocenters. The van der Waals surface area contributed by atoms with Crippen molar-refractivity contribution in [3.05, 3.63) is 35.5 Å². The van der Waals surface area contributed by atoms with Gasteiger partial charge in [-0.2, -0.15) is 11.8 Å². The largest absolute Gasteiger partial charge is 0.383 e. The first-order chi connectivity index (χ1) is 10.9. The average Bonchev–Trinajstić information content (AvgIpc) is 3.03. The lowest BCUT2D eigenvalue weighted by molar-refractivity contribution is 0.0398. The molecule has 4 rings (SSSR count). The first-order valence-electron chi connectivity index (χ1n) is 7.94. The number of hydrogen-bond donors (Lipinski definition) is 1. The minimum atomic E-state index is 0.865. The second kappa shape index (κ2) is 6.44. The number of aromatic nitrogens is 1. The normalized spacial score (nSPS) is 18.5. The molecule has 0 radical (unpaired) electrons. The van der Waals surface area contributed by atoms with E-state index in [1.807, 2.05) is 11.8 Å². The van der Waals surface area contributed by atoms with Crippen molar-refractivity contribution in [1.29, 1.82) is 0 Å². The van der Waals surface area contributed by atoms with Crippen molar-refractivity contribution >= 4 is 28.4 Å². The molecule has 0 saturated carbocycles. The van der Waals surface area contributed by atoms with Crippen LogP contribution in [-0.2, 0) is 16.2 Å². The number of nitrogens with zero attached hydrogens (tertiary/aromatic N) is 2. The van der Waals surface area contributed by atoms with E-state index in [-0.39, 0.29) is 0 Å². The van der Waals surface area contributed by atoms with Gasteiger partial charge in [-0.15, -0.1) is 0 Å². The maximum Gasteiger partial charge on any atom is 0.0726 e. The van der Waals surface area contributed by atoms with E-state index in [0.717, 1.165) is 56.4 Å². The molecular formula is C17H21N3OS. The zero-order chi connectivity index (χ0) is 14.8. The summed E-state index contributed by atoms with van der Waals surface area (Å²) in [6.07, 6.45) is 0. The summed E-state index contributed by atoms with van der Waals surface area (Å²) in [4.78, 5) is 7.29. The van der Waals surface area contributed by atoms with Crippen molar-refractivity contribution in [3.8, 4) is 0 Å². The molecule has 5 heteroatoms. The van der Waals surface area contributed by atoms with Crippen LogP contribution in [-0.4, -0.2) is 49.3 Å². The van der Waals surface area contributed by atoms with Crippen molar-refractivity contribution in [2.24, 2.45) is 0 Å². The standard InChI is InChI=1S/C17H21N3OS/c1-2-4-15-13(3-1)17(14-11-22-12-16(14)19-15)18-5-6-20-7-9-21-10-8-20/h1-4H,5-12H2,(H,18,19). The molecule has 4 nitrogen and oxygen atoms in total. The summed E-state index contributed by atoms with van der Waals surface area (Å²) in [7, 11) is 0. The molecule has 3 heterocycles. The van der Waals surface area contributed by atoms with E-state index in [2.05, 4.69) is 34.5 Å². The Morgan fingerprint density at radius 3 is 2.95 bits per heavy atom. The molecule has 0 bridgehead atoms. The molecule has 2 aliphatic rings. The quantitative estimate of drug-likeness (QED) is 0.939. The molecule has 0 spiro atoms. The molecule has 1 aromatic carbocycles. The van der Waals surface area contributed by atoms with Crippen molar-refractivity contribution in [1.82, 2.24) is 9.88 Å². The van der Waals surface area contributed by atoms with Gasteiger partial charge in [-0.1, -0.05) is 18.2 Å². The highest BCUT2D eigenvalue weighted by molar-refractivity contribution is 7.98. The summed E-state index contributed by atoms with van der Waals surface area (Å²) in [5.41, 5.74) is 5.08. The van der Waals surface area contributed by atoms with Crippen molar-refractivity contribution in [2.45, 2.75) is 11.5 Å². The van der Waals surface area contributed by atoms with Gasteiger partial charge < -0.3 is 10.1 Å². The highest BCUT2D eigenvalue weighted by Gasteiger charge is 2.20. The smallest absolute Gasteiger partial charge is 0.0726 e. The number of hydrogen-bond acceptors (Lipinski definition) is 5. The fourth-order valence-electron chi connectivity index (χ4n) is 3.19. The number of ether oxygens (including phenoxy) is 1. The Bertz CT molecular complexity index is 670. The van der Waals surface area contributed by atoms with Gasteiger partial charge in [0, 0.05) is 54.3 Å². The molecule has 2 aliphatic heterocycles. The van der Waals surface area contributed by atoms with Crippen LogP contribution in [0.2, 0.25) is 0 Å². The van der Waals surface area contributed by atoms with Gasteiger partial charge in [0.25, 0.3) is 0 Å². The van der Waals surface area contributed by atoms with Gasteiger partial charge in [0.15, 0.2) is 0 Å². The second-order valence-electron chi connectivity index (χ2n) is 5.80. The van der Waals surface area contributed by atoms with Crippen LogP contribution >= 0.6 is 11.8 Å². The molecule has 1 N–H and O–H groups in total. The third-order valence-corrected chi connectivity index (χ3v) is 5.37. The second-order valence-corrected chi connectivity index (χ2v) is 6.79. The fraction of sp³-hybridized carbons (Fsp3) is 0.471. The number of rotatable bonds is 4. The Morgan fingerprint density at radius 2 is 2.05 bits per heavy atom. The molecule has 2 aromatic rings. The topological polar surface area (TPSA) is 37.4 Å². The zero-order valence-corrected chi connectivity index (χ0v) is 13.5. The van der Waals surface area contributed by atoms with E-state index >= 15 is 0 Å². The predicted octanol–water partition coefficient (Wildman–Crippen LogP) is 2.73. The molecule has 0 aliphatic carbocycles. The average molecular weight is 315 g/mol. The van der Waals surface area contributed by atoms with Crippen LogP contribution in [0.3, 0.4) is 0 Å². The maximum atomic E-state index is 5.41. The minimum Gasteiger partial charge on any atom is -0.383 e. The SMILES string of the molecule is c1ccc2c(NCCN3CCOCC3)c3c(nc2c1)CSC3. The molecule has 0 amide bonds. The van der Waals surface area contributed by atoms with Crippen LogP contribution < -0.4 is 5.32 Å². The van der Waals surface area contributed by atoms with Gasteiger partial charge in [0.1, 0.15) is 0 Å². The third-order valence-electron chi connectivity index (χ3n) is 4.40. The Balaban J connectivity index is 1.55. The van der Waals surface area contributed by atoms with Crippen LogP contribution in [0, 0.1) is 0 Å². The lowest BCUT2D eigenvalue weighted by Crippen LogP contribution is -2.39. The van der Waals surface area contributed by atoms with Crippen LogP contribution in [0.5, 0.6) is 0 Å². The van der Waals surface area contributed by atoms with Crippen molar-refractivity contribution in [2.75, 3.05) is 44.7 Å². The van der Waals surface area contributed by atoms with Crippen molar-refractivity contribution in [3.63, 3.8) is 0 Å². The van der Waals surface area contributed by atoms with Gasteiger partial charge in [-0.05, 0) is 6.07 Å². The first kappa shape index (κ1) is 14.3. The van der Waals surface area contributed by atoms with Crippen LogP contribution in [0.15, 0.2) is 24.3 Å². The Hall–Kier alpha value is -1.30. The summed E-state index contributed by atoms with van der Waals surface area (Å²) >= 11 is 1.96. The number of thioether (sulfide) groups is 1.